The summed E-state index contributed by atoms with van der Waals surface area (Å²) in [5.74, 6) is -1.67. The van der Waals surface area contributed by atoms with Gasteiger partial charge in [0.25, 0.3) is 11.1 Å². The monoisotopic (exact) mass is 332 g/mol. The average Bonchev–Trinajstić information content (AvgIpc) is 2.78. The van der Waals surface area contributed by atoms with Crippen molar-refractivity contribution >= 4 is 33.7 Å². The lowest BCUT2D eigenvalue weighted by molar-refractivity contribution is -0.133. The highest BCUT2D eigenvalue weighted by molar-refractivity contribution is 9.10. The van der Waals surface area contributed by atoms with Crippen LogP contribution in [0.15, 0.2) is 32.3 Å². The van der Waals surface area contributed by atoms with Crippen molar-refractivity contribution in [1.82, 2.24) is 10.2 Å². The molecule has 18 heavy (non-hydrogen) atoms. The predicted molar refractivity (Wildman–Crippen MR) is 65.8 cm³/mol. The first kappa shape index (κ1) is 13.0. The number of hydrogen-bond acceptors (Lipinski definition) is 5. The first-order valence-electron chi connectivity index (χ1n) is 4.70. The van der Waals surface area contributed by atoms with Gasteiger partial charge >= 0.3 is 5.97 Å². The molecule has 1 aromatic carbocycles. The van der Waals surface area contributed by atoms with Crippen LogP contribution in [0.4, 0.5) is 4.39 Å². The van der Waals surface area contributed by atoms with E-state index in [0.29, 0.717) is 0 Å². The Morgan fingerprint density at radius 3 is 3.00 bits per heavy atom. The second-order valence-electron chi connectivity index (χ2n) is 3.16. The minimum atomic E-state index is -0.992. The van der Waals surface area contributed by atoms with Crippen LogP contribution in [0, 0.1) is 5.82 Å². The Morgan fingerprint density at radius 1 is 1.50 bits per heavy atom. The predicted octanol–water partition coefficient (Wildman–Crippen LogP) is 2.81. The number of carboxylic acid groups (broad SMARTS) is 1. The number of carbonyl (C=O) groups is 1. The Kier molecular flexibility index (Phi) is 3.97. The summed E-state index contributed by atoms with van der Waals surface area (Å²) in [7, 11) is 0. The third-order valence-electron chi connectivity index (χ3n) is 1.91. The Hall–Kier alpha value is -1.41. The van der Waals surface area contributed by atoms with Gasteiger partial charge in [0, 0.05) is 0 Å². The molecule has 0 spiro atoms. The average molecular weight is 333 g/mol. The summed E-state index contributed by atoms with van der Waals surface area (Å²) in [6.45, 7) is 0. The van der Waals surface area contributed by atoms with Gasteiger partial charge in [0.1, 0.15) is 11.6 Å². The number of hydrogen-bond donors (Lipinski definition) is 1. The molecule has 1 N–H and O–H groups in total. The molecule has 0 radical (unpaired) electrons. The molecular weight excluding hydrogens is 327 g/mol. The van der Waals surface area contributed by atoms with E-state index in [0.717, 1.165) is 11.8 Å². The summed E-state index contributed by atoms with van der Waals surface area (Å²) < 4.78 is 19.2. The highest BCUT2D eigenvalue weighted by atomic mass is 79.9. The fraction of sp³-hybridized carbons (Fsp3) is 0.100. The van der Waals surface area contributed by atoms with E-state index in [1.54, 1.807) is 12.1 Å². The molecule has 0 bridgehead atoms. The van der Waals surface area contributed by atoms with Crippen molar-refractivity contribution < 1.29 is 18.7 Å². The second-order valence-corrected chi connectivity index (χ2v) is 4.94. The van der Waals surface area contributed by atoms with E-state index >= 15 is 0 Å². The van der Waals surface area contributed by atoms with Gasteiger partial charge in [-0.1, -0.05) is 17.8 Å². The highest BCUT2D eigenvalue weighted by Crippen LogP contribution is 2.28. The minimum absolute atomic E-state index is 0.0155. The first-order chi connectivity index (χ1) is 8.58. The maximum Gasteiger partial charge on any atom is 0.314 e. The fourth-order valence-corrected chi connectivity index (χ4v) is 2.02. The molecule has 0 aliphatic heterocycles. The van der Waals surface area contributed by atoms with Crippen molar-refractivity contribution in [2.24, 2.45) is 0 Å². The third kappa shape index (κ3) is 2.88. The Morgan fingerprint density at radius 2 is 2.28 bits per heavy atom. The number of rotatable bonds is 4. The number of carboxylic acids is 1. The van der Waals surface area contributed by atoms with Gasteiger partial charge in [-0.25, -0.2) is 4.39 Å². The molecule has 2 rings (SSSR count). The van der Waals surface area contributed by atoms with Crippen LogP contribution in [0.25, 0.3) is 11.5 Å². The van der Waals surface area contributed by atoms with Crippen molar-refractivity contribution in [1.29, 1.82) is 0 Å². The molecule has 0 aliphatic rings. The van der Waals surface area contributed by atoms with Crippen LogP contribution in [0.3, 0.4) is 0 Å². The van der Waals surface area contributed by atoms with Crippen LogP contribution >= 0.6 is 27.7 Å². The van der Waals surface area contributed by atoms with Crippen LogP contribution < -0.4 is 0 Å². The van der Waals surface area contributed by atoms with Crippen LogP contribution in [-0.4, -0.2) is 27.0 Å². The first-order valence-corrected chi connectivity index (χ1v) is 6.48. The molecule has 0 saturated carbocycles. The smallest absolute Gasteiger partial charge is 0.314 e. The Labute approximate surface area is 114 Å². The van der Waals surface area contributed by atoms with Gasteiger partial charge < -0.3 is 9.52 Å². The van der Waals surface area contributed by atoms with E-state index < -0.39 is 11.8 Å². The van der Waals surface area contributed by atoms with Crippen molar-refractivity contribution in [2.75, 3.05) is 5.75 Å². The standard InChI is InChI=1S/C10H6BrFN2O3S/c11-6-3-1-2-5(8(6)12)9-13-14-10(17-9)18-4-7(15)16/h1-3H,4H2,(H,15,16). The van der Waals surface area contributed by atoms with Gasteiger partial charge in [0.15, 0.2) is 0 Å². The number of aromatic nitrogens is 2. The van der Waals surface area contributed by atoms with Crippen molar-refractivity contribution in [3.8, 4) is 11.5 Å². The molecule has 0 saturated heterocycles. The molecule has 0 atom stereocenters. The molecule has 8 heteroatoms. The second kappa shape index (κ2) is 5.49. The molecule has 1 heterocycles. The number of nitrogens with zero attached hydrogens (tertiary/aromatic N) is 2. The number of thioether (sulfide) groups is 1. The van der Waals surface area contributed by atoms with Gasteiger partial charge in [-0.3, -0.25) is 4.79 Å². The topological polar surface area (TPSA) is 76.2 Å². The van der Waals surface area contributed by atoms with Gasteiger partial charge in [0.2, 0.25) is 0 Å². The zero-order valence-corrected chi connectivity index (χ0v) is 11.2. The fourth-order valence-electron chi connectivity index (χ4n) is 1.17. The van der Waals surface area contributed by atoms with Gasteiger partial charge in [-0.2, -0.15) is 0 Å². The highest BCUT2D eigenvalue weighted by Gasteiger charge is 2.15. The van der Waals surface area contributed by atoms with E-state index in [9.17, 15) is 9.18 Å². The minimum Gasteiger partial charge on any atom is -0.481 e. The summed E-state index contributed by atoms with van der Waals surface area (Å²) >= 11 is 3.93. The Balaban J connectivity index is 2.24. The van der Waals surface area contributed by atoms with Crippen LogP contribution in [0.2, 0.25) is 0 Å². The SMILES string of the molecule is O=C(O)CSc1nnc(-c2cccc(Br)c2F)o1. The normalized spacial score (nSPS) is 10.6. The molecular formula is C10H6BrFN2O3S. The molecule has 0 unspecified atom stereocenters. The van der Waals surface area contributed by atoms with E-state index in [2.05, 4.69) is 26.1 Å². The van der Waals surface area contributed by atoms with E-state index in [1.807, 2.05) is 0 Å². The lowest BCUT2D eigenvalue weighted by Gasteiger charge is -1.98. The van der Waals surface area contributed by atoms with E-state index in [4.69, 9.17) is 9.52 Å². The summed E-state index contributed by atoms with van der Waals surface area (Å²) in [6.07, 6.45) is 0. The van der Waals surface area contributed by atoms with E-state index in [1.165, 1.54) is 6.07 Å². The van der Waals surface area contributed by atoms with Crippen molar-refractivity contribution in [3.63, 3.8) is 0 Å². The maximum absolute atomic E-state index is 13.7. The van der Waals surface area contributed by atoms with Crippen LogP contribution in [-0.2, 0) is 4.79 Å². The molecule has 1 aromatic heterocycles. The molecule has 94 valence electrons. The van der Waals surface area contributed by atoms with Gasteiger partial charge in [-0.15, -0.1) is 10.2 Å². The Bertz CT molecular complexity index is 590. The van der Waals surface area contributed by atoms with Crippen LogP contribution in [0.1, 0.15) is 0 Å². The quantitative estimate of drug-likeness (QED) is 0.867. The van der Waals surface area contributed by atoms with Crippen molar-refractivity contribution in [3.05, 3.63) is 28.5 Å². The molecule has 0 fully saturated rings. The lowest BCUT2D eigenvalue weighted by atomic mass is 10.2. The zero-order valence-electron chi connectivity index (χ0n) is 8.76. The molecule has 2 aromatic rings. The third-order valence-corrected chi connectivity index (χ3v) is 3.32. The van der Waals surface area contributed by atoms with Gasteiger partial charge in [-0.05, 0) is 28.1 Å². The summed E-state index contributed by atoms with van der Waals surface area (Å²) in [5, 5.41) is 15.9. The maximum atomic E-state index is 13.7. The van der Waals surface area contributed by atoms with Gasteiger partial charge in [0.05, 0.1) is 10.0 Å². The summed E-state index contributed by atoms with van der Waals surface area (Å²) in [4.78, 5) is 10.4. The number of aliphatic carboxylic acids is 1. The largest absolute Gasteiger partial charge is 0.481 e. The molecule has 5 nitrogen and oxygen atoms in total. The lowest BCUT2D eigenvalue weighted by Crippen LogP contribution is -1.97. The summed E-state index contributed by atoms with van der Waals surface area (Å²) in [5.41, 5.74) is 0.166. The van der Waals surface area contributed by atoms with E-state index in [-0.39, 0.29) is 26.9 Å². The molecule has 0 aliphatic carbocycles. The number of benzene rings is 1. The zero-order chi connectivity index (χ0) is 13.1. The summed E-state index contributed by atoms with van der Waals surface area (Å²) in [6, 6.07) is 4.69. The molecule has 0 amide bonds. The number of halogens is 2. The van der Waals surface area contributed by atoms with Crippen LogP contribution in [0.5, 0.6) is 0 Å². The van der Waals surface area contributed by atoms with Crippen molar-refractivity contribution in [2.45, 2.75) is 5.22 Å².